The Balaban J connectivity index is 2.61. The Hall–Kier alpha value is -1.41. The van der Waals surface area contributed by atoms with Crippen molar-refractivity contribution in [2.24, 2.45) is 5.16 Å². The van der Waals surface area contributed by atoms with Gasteiger partial charge in [0.25, 0.3) is 14.2 Å². The minimum Gasteiger partial charge on any atom is -0.454 e. The number of carbonyl (C=O) groups is 1. The normalized spacial score (nSPS) is 17.3. The van der Waals surface area contributed by atoms with Crippen LogP contribution in [0.5, 0.6) is 0 Å². The highest BCUT2D eigenvalue weighted by Gasteiger charge is 2.50. The maximum Gasteiger partial charge on any atom is 0.286 e. The lowest BCUT2D eigenvalue weighted by Gasteiger charge is -2.43. The van der Waals surface area contributed by atoms with Crippen molar-refractivity contribution >= 4 is 33.9 Å². The van der Waals surface area contributed by atoms with Crippen LogP contribution in [0, 0.1) is 0 Å². The molecule has 156 valence electrons. The van der Waals surface area contributed by atoms with Crippen molar-refractivity contribution in [2.45, 2.75) is 91.2 Å². The van der Waals surface area contributed by atoms with Gasteiger partial charge >= 0.3 is 0 Å². The fraction of sp³-hybridized carbons (Fsp3) is 0.636. The standard InChI is InChI=1S/C22H38N2O2Si2/c1-12-16-13-14-18-17(15-16)19(23-26-28(10,11)22(5,6)7)20(25)24(18)27(8,9)21(2,3)4/h13-15H,12H2,1-11H3/b23-19+. The molecule has 28 heavy (non-hydrogen) atoms. The zero-order valence-corrected chi connectivity index (χ0v) is 21.7. The molecule has 1 aromatic rings. The smallest absolute Gasteiger partial charge is 0.286 e. The van der Waals surface area contributed by atoms with E-state index in [-0.39, 0.29) is 16.0 Å². The minimum atomic E-state index is -2.11. The molecule has 1 aliphatic heterocycles. The minimum absolute atomic E-state index is 0.00597. The third kappa shape index (κ3) is 3.85. The van der Waals surface area contributed by atoms with E-state index in [4.69, 9.17) is 4.53 Å². The van der Waals surface area contributed by atoms with E-state index in [0.717, 1.165) is 17.7 Å². The first kappa shape index (κ1) is 22.9. The number of fused-ring (bicyclic) bond motifs is 1. The van der Waals surface area contributed by atoms with Crippen LogP contribution in [-0.4, -0.2) is 28.2 Å². The van der Waals surface area contributed by atoms with Crippen LogP contribution in [-0.2, 0) is 15.7 Å². The average molecular weight is 419 g/mol. The van der Waals surface area contributed by atoms with E-state index in [9.17, 15) is 4.79 Å². The lowest BCUT2D eigenvalue weighted by atomic mass is 10.1. The molecule has 2 rings (SSSR count). The molecule has 0 bridgehead atoms. The largest absolute Gasteiger partial charge is 0.454 e. The zero-order valence-electron chi connectivity index (χ0n) is 19.7. The van der Waals surface area contributed by atoms with Crippen LogP contribution >= 0.6 is 0 Å². The third-order valence-corrected chi connectivity index (χ3v) is 16.3. The predicted octanol–water partition coefficient (Wildman–Crippen LogP) is 6.33. The molecule has 1 aliphatic rings. The van der Waals surface area contributed by atoms with Gasteiger partial charge in [-0.3, -0.25) is 4.79 Å². The molecule has 0 atom stereocenters. The van der Waals surface area contributed by atoms with E-state index in [1.807, 2.05) is 0 Å². The number of carbonyl (C=O) groups excluding carboxylic acids is 1. The number of benzene rings is 1. The van der Waals surface area contributed by atoms with Crippen molar-refractivity contribution in [1.29, 1.82) is 0 Å². The summed E-state index contributed by atoms with van der Waals surface area (Å²) in [6.07, 6.45) is 0.929. The molecular formula is C22H38N2O2Si2. The van der Waals surface area contributed by atoms with Crippen LogP contribution in [0.1, 0.15) is 59.6 Å². The highest BCUT2D eigenvalue weighted by Crippen LogP contribution is 2.45. The van der Waals surface area contributed by atoms with Crippen molar-refractivity contribution in [3.63, 3.8) is 0 Å². The van der Waals surface area contributed by atoms with Gasteiger partial charge in [-0.15, -0.1) is 0 Å². The van der Waals surface area contributed by atoms with Crippen LogP contribution in [0.15, 0.2) is 23.4 Å². The Morgan fingerprint density at radius 3 is 2.04 bits per heavy atom. The molecule has 0 aliphatic carbocycles. The van der Waals surface area contributed by atoms with Crippen molar-refractivity contribution in [2.75, 3.05) is 4.57 Å². The van der Waals surface area contributed by atoms with Gasteiger partial charge in [-0.05, 0) is 47.3 Å². The number of aryl methyl sites for hydroxylation is 1. The quantitative estimate of drug-likeness (QED) is 0.423. The Morgan fingerprint density at radius 2 is 1.57 bits per heavy atom. The number of rotatable bonds is 4. The fourth-order valence-corrected chi connectivity index (χ4v) is 5.47. The van der Waals surface area contributed by atoms with Gasteiger partial charge in [0.2, 0.25) is 0 Å². The molecule has 0 fully saturated rings. The Kier molecular flexibility index (Phi) is 5.83. The molecule has 0 radical (unpaired) electrons. The second kappa shape index (κ2) is 7.13. The van der Waals surface area contributed by atoms with Crippen molar-refractivity contribution < 1.29 is 9.32 Å². The molecule has 0 saturated carbocycles. The van der Waals surface area contributed by atoms with Gasteiger partial charge in [0, 0.05) is 11.3 Å². The van der Waals surface area contributed by atoms with Crippen LogP contribution in [0.25, 0.3) is 0 Å². The molecule has 6 heteroatoms. The molecule has 0 saturated heterocycles. The Morgan fingerprint density at radius 1 is 1.00 bits per heavy atom. The lowest BCUT2D eigenvalue weighted by Crippen LogP contribution is -2.57. The Bertz CT molecular complexity index is 800. The van der Waals surface area contributed by atoms with E-state index in [2.05, 4.69) is 103 Å². The van der Waals surface area contributed by atoms with Gasteiger partial charge in [-0.1, -0.05) is 72.8 Å². The van der Waals surface area contributed by atoms with Gasteiger partial charge in [0.05, 0.1) is 0 Å². The van der Waals surface area contributed by atoms with Crippen LogP contribution < -0.4 is 4.57 Å². The van der Waals surface area contributed by atoms with Crippen molar-refractivity contribution in [3.8, 4) is 0 Å². The first-order valence-electron chi connectivity index (χ1n) is 10.3. The van der Waals surface area contributed by atoms with E-state index in [0.29, 0.717) is 5.71 Å². The van der Waals surface area contributed by atoms with Crippen LogP contribution in [0.4, 0.5) is 5.69 Å². The van der Waals surface area contributed by atoms with Crippen molar-refractivity contribution in [1.82, 2.24) is 0 Å². The molecule has 4 nitrogen and oxygen atoms in total. The number of amides is 1. The summed E-state index contributed by atoms with van der Waals surface area (Å²) in [5.41, 5.74) is 3.60. The maximum absolute atomic E-state index is 13.6. The molecule has 1 aromatic carbocycles. The summed E-state index contributed by atoms with van der Waals surface area (Å²) in [5.74, 6) is -0.00597. The van der Waals surface area contributed by atoms with E-state index in [1.54, 1.807) is 0 Å². The van der Waals surface area contributed by atoms with Gasteiger partial charge in [0.15, 0.2) is 13.9 Å². The van der Waals surface area contributed by atoms with Crippen LogP contribution in [0.3, 0.4) is 0 Å². The summed E-state index contributed by atoms with van der Waals surface area (Å²) < 4.78 is 8.17. The molecule has 0 N–H and O–H groups in total. The predicted molar refractivity (Wildman–Crippen MR) is 125 cm³/mol. The monoisotopic (exact) mass is 418 g/mol. The summed E-state index contributed by atoms with van der Waals surface area (Å²) in [5, 5.41) is 4.59. The molecule has 1 amide bonds. The first-order chi connectivity index (χ1) is 12.5. The molecule has 1 heterocycles. The molecule has 0 unspecified atom stereocenters. The second-order valence-electron chi connectivity index (χ2n) is 10.9. The fourth-order valence-electron chi connectivity index (χ4n) is 2.79. The van der Waals surface area contributed by atoms with E-state index in [1.165, 1.54) is 5.56 Å². The summed E-state index contributed by atoms with van der Waals surface area (Å²) in [6, 6.07) is 6.35. The number of nitrogens with zero attached hydrogens (tertiary/aromatic N) is 2. The highest BCUT2D eigenvalue weighted by atomic mass is 28.4. The molecule has 0 aromatic heterocycles. The van der Waals surface area contributed by atoms with E-state index < -0.39 is 16.6 Å². The van der Waals surface area contributed by atoms with Crippen molar-refractivity contribution in [3.05, 3.63) is 29.3 Å². The van der Waals surface area contributed by atoms with Gasteiger partial charge in [-0.25, -0.2) is 0 Å². The topological polar surface area (TPSA) is 41.9 Å². The lowest BCUT2D eigenvalue weighted by molar-refractivity contribution is -0.111. The molecular weight excluding hydrogens is 380 g/mol. The number of hydrogen-bond donors (Lipinski definition) is 0. The number of anilines is 1. The molecule has 0 spiro atoms. The second-order valence-corrected chi connectivity index (χ2v) is 20.7. The summed E-state index contributed by atoms with van der Waals surface area (Å²) in [7, 11) is -4.20. The van der Waals surface area contributed by atoms with Gasteiger partial charge in [0.1, 0.15) is 0 Å². The summed E-state index contributed by atoms with van der Waals surface area (Å²) >= 11 is 0. The first-order valence-corrected chi connectivity index (χ1v) is 16.1. The van der Waals surface area contributed by atoms with Crippen LogP contribution in [0.2, 0.25) is 36.3 Å². The maximum atomic E-state index is 13.6. The summed E-state index contributed by atoms with van der Waals surface area (Å²) in [4.78, 5) is 13.6. The highest BCUT2D eigenvalue weighted by molar-refractivity contribution is 6.90. The SMILES string of the molecule is CCc1ccc2c(c1)/C(=N\O[Si](C)(C)C(C)(C)C)C(=O)N2[Si](C)(C)C(C)(C)C. The number of oxime groups is 1. The number of hydrogen-bond acceptors (Lipinski definition) is 3. The zero-order chi connectivity index (χ0) is 21.7. The third-order valence-electron chi connectivity index (χ3n) is 6.94. The van der Waals surface area contributed by atoms with Gasteiger partial charge in [-0.2, -0.15) is 0 Å². The average Bonchev–Trinajstić information content (AvgIpc) is 2.81. The summed E-state index contributed by atoms with van der Waals surface area (Å²) in [6.45, 7) is 24.2. The van der Waals surface area contributed by atoms with E-state index >= 15 is 0 Å². The van der Waals surface area contributed by atoms with Gasteiger partial charge < -0.3 is 9.09 Å². The Labute approximate surface area is 173 Å².